The van der Waals surface area contributed by atoms with E-state index in [0.29, 0.717) is 44.5 Å². The minimum Gasteiger partial charge on any atom is -0.402 e. The Balaban J connectivity index is 1.42. The maximum atomic E-state index is 12.9. The lowest BCUT2D eigenvalue weighted by Gasteiger charge is -2.33. The minimum absolute atomic E-state index is 0.196. The Morgan fingerprint density at radius 1 is 0.944 bits per heavy atom. The summed E-state index contributed by atoms with van der Waals surface area (Å²) in [4.78, 5) is 14.6. The molecular weight excluding hydrogens is 494 g/mol. The van der Waals surface area contributed by atoms with E-state index in [0.717, 1.165) is 29.7 Å². The van der Waals surface area contributed by atoms with Gasteiger partial charge in [-0.15, -0.1) is 26.3 Å². The van der Waals surface area contributed by atoms with Gasteiger partial charge in [-0.25, -0.2) is 0 Å². The van der Waals surface area contributed by atoms with Gasteiger partial charge in [0.25, 0.3) is 0 Å². The van der Waals surface area contributed by atoms with Gasteiger partial charge in [-0.1, -0.05) is 12.1 Å². The zero-order valence-electron chi connectivity index (χ0n) is 19.0. The van der Waals surface area contributed by atoms with Crippen LogP contribution in [0.2, 0.25) is 0 Å². The third kappa shape index (κ3) is 6.54. The van der Waals surface area contributed by atoms with Gasteiger partial charge in [-0.05, 0) is 55.0 Å². The summed E-state index contributed by atoms with van der Waals surface area (Å²) in [5.74, 6) is -2.76. The molecule has 1 atom stereocenters. The van der Waals surface area contributed by atoms with Gasteiger partial charge < -0.3 is 24.8 Å². The van der Waals surface area contributed by atoms with Gasteiger partial charge in [0.15, 0.2) is 11.5 Å². The quantitative estimate of drug-likeness (QED) is 0.534. The molecule has 0 aromatic heterocycles. The summed E-state index contributed by atoms with van der Waals surface area (Å²) in [6.45, 7) is 0.600. The number of hydrogen-bond donors (Lipinski definition) is 2. The molecule has 4 rings (SSSR count). The number of alkyl halides is 6. The number of amides is 1. The van der Waals surface area contributed by atoms with Crippen molar-refractivity contribution in [2.75, 3.05) is 23.3 Å². The second-order valence-corrected chi connectivity index (χ2v) is 8.82. The van der Waals surface area contributed by atoms with E-state index in [1.807, 2.05) is 12.1 Å². The predicted molar refractivity (Wildman–Crippen MR) is 118 cm³/mol. The van der Waals surface area contributed by atoms with Gasteiger partial charge in [-0.2, -0.15) is 0 Å². The number of benzene rings is 2. The molecule has 1 unspecified atom stereocenters. The van der Waals surface area contributed by atoms with Gasteiger partial charge in [-0.3, -0.25) is 4.79 Å². The number of hydrogen-bond acceptors (Lipinski definition) is 5. The molecule has 196 valence electrons. The number of aryl methyl sites for hydroxylation is 1. The lowest BCUT2D eigenvalue weighted by atomic mass is 9.88. The molecule has 2 N–H and O–H groups in total. The van der Waals surface area contributed by atoms with E-state index >= 15 is 0 Å². The zero-order chi connectivity index (χ0) is 26.1. The number of rotatable bonds is 5. The van der Waals surface area contributed by atoms with Crippen molar-refractivity contribution in [2.24, 2.45) is 5.92 Å². The van der Waals surface area contributed by atoms with Crippen molar-refractivity contribution < 1.29 is 45.7 Å². The molecule has 6 nitrogen and oxygen atoms in total. The molecule has 0 saturated carbocycles. The number of anilines is 2. The SMILES string of the molecule is O=C(Nc1cccc2c1CC(O)CC2)C1CCN(c2ccc(OC(F)(F)F)c(OC(F)(F)F)c2)CC1. The Kier molecular flexibility index (Phi) is 7.26. The van der Waals surface area contributed by atoms with Crippen LogP contribution in [0.5, 0.6) is 11.5 Å². The highest BCUT2D eigenvalue weighted by molar-refractivity contribution is 5.93. The molecule has 1 aliphatic carbocycles. The lowest BCUT2D eigenvalue weighted by molar-refractivity contribution is -0.287. The molecule has 1 heterocycles. The molecule has 12 heteroatoms. The van der Waals surface area contributed by atoms with Crippen LogP contribution >= 0.6 is 0 Å². The van der Waals surface area contributed by atoms with Crippen LogP contribution < -0.4 is 19.7 Å². The largest absolute Gasteiger partial charge is 0.573 e. The van der Waals surface area contributed by atoms with E-state index in [1.165, 1.54) is 6.07 Å². The first-order valence-corrected chi connectivity index (χ1v) is 11.4. The van der Waals surface area contributed by atoms with Crippen molar-refractivity contribution in [3.8, 4) is 11.5 Å². The highest BCUT2D eigenvalue weighted by Crippen LogP contribution is 2.39. The first kappa shape index (κ1) is 25.9. The van der Waals surface area contributed by atoms with Crippen molar-refractivity contribution in [1.82, 2.24) is 0 Å². The van der Waals surface area contributed by atoms with Gasteiger partial charge >= 0.3 is 12.7 Å². The van der Waals surface area contributed by atoms with Crippen molar-refractivity contribution in [3.05, 3.63) is 47.5 Å². The number of carbonyl (C=O) groups excluding carboxylic acids is 1. The molecule has 1 fully saturated rings. The number of nitrogens with one attached hydrogen (secondary N) is 1. The Morgan fingerprint density at radius 2 is 1.61 bits per heavy atom. The van der Waals surface area contributed by atoms with Crippen LogP contribution in [0.15, 0.2) is 36.4 Å². The number of ether oxygens (including phenoxy) is 2. The van der Waals surface area contributed by atoms with Crippen LogP contribution in [0.25, 0.3) is 0 Å². The third-order valence-corrected chi connectivity index (χ3v) is 6.33. The average Bonchev–Trinajstić information content (AvgIpc) is 2.79. The summed E-state index contributed by atoms with van der Waals surface area (Å²) >= 11 is 0. The lowest BCUT2D eigenvalue weighted by Crippen LogP contribution is -2.38. The van der Waals surface area contributed by atoms with E-state index in [1.54, 1.807) is 11.0 Å². The van der Waals surface area contributed by atoms with Crippen molar-refractivity contribution in [3.63, 3.8) is 0 Å². The van der Waals surface area contributed by atoms with Crippen LogP contribution in [-0.4, -0.2) is 42.9 Å². The Labute approximate surface area is 202 Å². The normalized spacial score (nSPS) is 19.0. The highest BCUT2D eigenvalue weighted by Gasteiger charge is 2.37. The number of fused-ring (bicyclic) bond motifs is 1. The summed E-state index contributed by atoms with van der Waals surface area (Å²) < 4.78 is 83.4. The van der Waals surface area contributed by atoms with Crippen LogP contribution in [0, 0.1) is 5.92 Å². The minimum atomic E-state index is -5.21. The molecule has 0 radical (unpaired) electrons. The van der Waals surface area contributed by atoms with Gasteiger partial charge in [0.05, 0.1) is 6.10 Å². The fourth-order valence-corrected chi connectivity index (χ4v) is 4.63. The first-order valence-electron chi connectivity index (χ1n) is 11.4. The fraction of sp³-hybridized carbons (Fsp3) is 0.458. The summed E-state index contributed by atoms with van der Waals surface area (Å²) in [5, 5.41) is 12.9. The van der Waals surface area contributed by atoms with Crippen molar-refractivity contribution in [2.45, 2.75) is 50.9 Å². The summed E-state index contributed by atoms with van der Waals surface area (Å²) in [6.07, 6.45) is -8.22. The van der Waals surface area contributed by atoms with Crippen LogP contribution in [0.3, 0.4) is 0 Å². The number of nitrogens with zero attached hydrogens (tertiary/aromatic N) is 1. The molecule has 1 amide bonds. The van der Waals surface area contributed by atoms with E-state index in [4.69, 9.17) is 0 Å². The van der Waals surface area contributed by atoms with Crippen molar-refractivity contribution in [1.29, 1.82) is 0 Å². The maximum Gasteiger partial charge on any atom is 0.573 e. The first-order chi connectivity index (χ1) is 16.9. The van der Waals surface area contributed by atoms with Gasteiger partial charge in [0.1, 0.15) is 0 Å². The summed E-state index contributed by atoms with van der Waals surface area (Å²) in [5.41, 5.74) is 2.88. The van der Waals surface area contributed by atoms with Gasteiger partial charge in [0, 0.05) is 42.9 Å². The second-order valence-electron chi connectivity index (χ2n) is 8.82. The molecule has 1 saturated heterocycles. The molecule has 2 aromatic rings. The van der Waals surface area contributed by atoms with Crippen molar-refractivity contribution >= 4 is 17.3 Å². The van der Waals surface area contributed by atoms with E-state index in [-0.39, 0.29) is 17.5 Å². The summed E-state index contributed by atoms with van der Waals surface area (Å²) in [6, 6.07) is 8.44. The monoisotopic (exact) mass is 518 g/mol. The predicted octanol–water partition coefficient (Wildman–Crippen LogP) is 5.19. The molecular formula is C24H24F6N2O4. The van der Waals surface area contributed by atoms with E-state index in [2.05, 4.69) is 14.8 Å². The number of piperidine rings is 1. The molecule has 0 spiro atoms. The Bertz CT molecular complexity index is 1100. The smallest absolute Gasteiger partial charge is 0.402 e. The van der Waals surface area contributed by atoms with Crippen LogP contribution in [-0.2, 0) is 17.6 Å². The summed E-state index contributed by atoms with van der Waals surface area (Å²) in [7, 11) is 0. The van der Waals surface area contributed by atoms with Crippen LogP contribution in [0.1, 0.15) is 30.4 Å². The topological polar surface area (TPSA) is 71.0 Å². The Hall–Kier alpha value is -3.15. The fourth-order valence-electron chi connectivity index (χ4n) is 4.63. The van der Waals surface area contributed by atoms with Gasteiger partial charge in [0.2, 0.25) is 5.91 Å². The average molecular weight is 518 g/mol. The second kappa shape index (κ2) is 10.1. The number of aliphatic hydroxyl groups is 1. The molecule has 2 aliphatic rings. The van der Waals surface area contributed by atoms with Crippen LogP contribution in [0.4, 0.5) is 37.7 Å². The van der Waals surface area contributed by atoms with E-state index < -0.39 is 30.3 Å². The molecule has 1 aliphatic heterocycles. The number of halogens is 6. The number of aliphatic hydroxyl groups excluding tert-OH is 1. The molecule has 2 aromatic carbocycles. The zero-order valence-corrected chi connectivity index (χ0v) is 19.0. The maximum absolute atomic E-state index is 12.9. The molecule has 36 heavy (non-hydrogen) atoms. The highest BCUT2D eigenvalue weighted by atomic mass is 19.4. The van der Waals surface area contributed by atoms with E-state index in [9.17, 15) is 36.2 Å². The molecule has 0 bridgehead atoms. The Morgan fingerprint density at radius 3 is 2.28 bits per heavy atom. The number of carbonyl (C=O) groups is 1. The standard InChI is InChI=1S/C24H24F6N2O4/c25-23(26,27)35-20-7-5-16(12-21(20)36-24(28,29)30)32-10-8-15(9-11-32)22(34)31-19-3-1-2-14-4-6-17(33)13-18(14)19/h1-3,5,7,12,15,17,33H,4,6,8-11,13H2,(H,31,34). The third-order valence-electron chi connectivity index (χ3n) is 6.33.